The summed E-state index contributed by atoms with van der Waals surface area (Å²) in [5, 5.41) is 0.964. The fourth-order valence-corrected chi connectivity index (χ4v) is 4.91. The van der Waals surface area contributed by atoms with Crippen molar-refractivity contribution in [3.05, 3.63) is 33.0 Å². The first-order valence-electron chi connectivity index (χ1n) is 10.0. The molecule has 3 rings (SSSR count). The van der Waals surface area contributed by atoms with Gasteiger partial charge in [0.05, 0.1) is 16.2 Å². The molecule has 0 aliphatic carbocycles. The SMILES string of the molecule is CC(C)Cn1c(SC(C)C(=O)N2CCCCCC2)nc2ccc(Br)cc2c1=O. The Labute approximate surface area is 179 Å². The van der Waals surface area contributed by atoms with Crippen molar-refractivity contribution < 1.29 is 4.79 Å². The van der Waals surface area contributed by atoms with Gasteiger partial charge in [-0.25, -0.2) is 4.98 Å². The molecule has 0 radical (unpaired) electrons. The van der Waals surface area contributed by atoms with E-state index in [2.05, 4.69) is 29.8 Å². The smallest absolute Gasteiger partial charge is 0.262 e. The molecule has 1 aliphatic heterocycles. The van der Waals surface area contributed by atoms with Crippen LogP contribution in [0, 0.1) is 5.92 Å². The van der Waals surface area contributed by atoms with Crippen molar-refractivity contribution in [2.45, 2.75) is 63.4 Å². The number of halogens is 1. The predicted octanol–water partition coefficient (Wildman–Crippen LogP) is 4.70. The van der Waals surface area contributed by atoms with Crippen molar-refractivity contribution in [1.29, 1.82) is 0 Å². The summed E-state index contributed by atoms with van der Waals surface area (Å²) in [5.41, 5.74) is 0.627. The Hall–Kier alpha value is -1.34. The molecule has 0 spiro atoms. The molecular formula is C21H28BrN3O2S. The second-order valence-corrected chi connectivity index (χ2v) is 10.1. The van der Waals surface area contributed by atoms with Crippen molar-refractivity contribution >= 4 is 44.5 Å². The molecule has 1 unspecified atom stereocenters. The van der Waals surface area contributed by atoms with Crippen molar-refractivity contribution in [2.75, 3.05) is 13.1 Å². The first-order valence-corrected chi connectivity index (χ1v) is 11.7. The summed E-state index contributed by atoms with van der Waals surface area (Å²) in [4.78, 5) is 32.8. The predicted molar refractivity (Wildman–Crippen MR) is 119 cm³/mol. The van der Waals surface area contributed by atoms with Crippen LogP contribution in [0.5, 0.6) is 0 Å². The third-order valence-electron chi connectivity index (χ3n) is 4.98. The van der Waals surface area contributed by atoms with E-state index in [4.69, 9.17) is 4.98 Å². The van der Waals surface area contributed by atoms with Crippen molar-refractivity contribution in [2.24, 2.45) is 5.92 Å². The fourth-order valence-electron chi connectivity index (χ4n) is 3.55. The first-order chi connectivity index (χ1) is 13.4. The number of likely N-dealkylation sites (tertiary alicyclic amines) is 1. The van der Waals surface area contributed by atoms with E-state index in [1.807, 2.05) is 30.0 Å². The quantitative estimate of drug-likeness (QED) is 0.474. The molecule has 1 aromatic carbocycles. The van der Waals surface area contributed by atoms with E-state index in [0.717, 1.165) is 30.4 Å². The third-order valence-corrected chi connectivity index (χ3v) is 6.55. The average molecular weight is 466 g/mol. The van der Waals surface area contributed by atoms with Crippen LogP contribution in [-0.4, -0.2) is 38.7 Å². The highest BCUT2D eigenvalue weighted by Crippen LogP contribution is 2.26. The van der Waals surface area contributed by atoms with Crippen LogP contribution in [0.3, 0.4) is 0 Å². The van der Waals surface area contributed by atoms with Gasteiger partial charge in [0.25, 0.3) is 5.56 Å². The molecule has 0 saturated carbocycles. The lowest BCUT2D eigenvalue weighted by Gasteiger charge is -2.24. The highest BCUT2D eigenvalue weighted by Gasteiger charge is 2.24. The maximum Gasteiger partial charge on any atom is 0.262 e. The Morgan fingerprint density at radius 3 is 2.50 bits per heavy atom. The zero-order valence-electron chi connectivity index (χ0n) is 16.8. The van der Waals surface area contributed by atoms with Crippen molar-refractivity contribution in [3.8, 4) is 0 Å². The van der Waals surface area contributed by atoms with E-state index in [1.54, 1.807) is 4.57 Å². The van der Waals surface area contributed by atoms with Crippen LogP contribution in [0.2, 0.25) is 0 Å². The van der Waals surface area contributed by atoms with E-state index < -0.39 is 0 Å². The first kappa shape index (κ1) is 21.4. The van der Waals surface area contributed by atoms with Gasteiger partial charge in [0, 0.05) is 24.1 Å². The van der Waals surface area contributed by atoms with Crippen LogP contribution < -0.4 is 5.56 Å². The fraction of sp³-hybridized carbons (Fsp3) is 0.571. The Morgan fingerprint density at radius 2 is 1.86 bits per heavy atom. The molecule has 5 nitrogen and oxygen atoms in total. The maximum atomic E-state index is 13.1. The topological polar surface area (TPSA) is 55.2 Å². The summed E-state index contributed by atoms with van der Waals surface area (Å²) in [6, 6.07) is 5.56. The number of fused-ring (bicyclic) bond motifs is 1. The van der Waals surface area contributed by atoms with Gasteiger partial charge in [-0.2, -0.15) is 0 Å². The summed E-state index contributed by atoms with van der Waals surface area (Å²) >= 11 is 4.84. The molecule has 0 bridgehead atoms. The van der Waals surface area contributed by atoms with E-state index in [-0.39, 0.29) is 16.7 Å². The second kappa shape index (κ2) is 9.44. The number of hydrogen-bond acceptors (Lipinski definition) is 4. The number of rotatable bonds is 5. The van der Waals surface area contributed by atoms with Gasteiger partial charge in [0.15, 0.2) is 5.16 Å². The zero-order valence-corrected chi connectivity index (χ0v) is 19.2. The number of carbonyl (C=O) groups is 1. The number of nitrogens with zero attached hydrogens (tertiary/aromatic N) is 3. The molecule has 1 fully saturated rings. The Morgan fingerprint density at radius 1 is 1.18 bits per heavy atom. The van der Waals surface area contributed by atoms with Gasteiger partial charge < -0.3 is 4.90 Å². The van der Waals surface area contributed by atoms with Crippen LogP contribution in [0.15, 0.2) is 32.6 Å². The Balaban J connectivity index is 1.93. The summed E-state index contributed by atoms with van der Waals surface area (Å²) in [5.74, 6) is 0.452. The van der Waals surface area contributed by atoms with Gasteiger partial charge >= 0.3 is 0 Å². The monoisotopic (exact) mass is 465 g/mol. The van der Waals surface area contributed by atoms with Gasteiger partial charge in [0.2, 0.25) is 5.91 Å². The minimum atomic E-state index is -0.267. The molecule has 1 saturated heterocycles. The lowest BCUT2D eigenvalue weighted by atomic mass is 10.2. The lowest BCUT2D eigenvalue weighted by Crippen LogP contribution is -2.37. The van der Waals surface area contributed by atoms with Crippen molar-refractivity contribution in [1.82, 2.24) is 14.5 Å². The molecule has 0 N–H and O–H groups in total. The molecule has 2 heterocycles. The maximum absolute atomic E-state index is 13.1. The van der Waals surface area contributed by atoms with Gasteiger partial charge in [0.1, 0.15) is 0 Å². The number of amides is 1. The summed E-state index contributed by atoms with van der Waals surface area (Å²) < 4.78 is 2.59. The average Bonchev–Trinajstić information content (AvgIpc) is 2.94. The molecule has 2 aromatic rings. The minimum Gasteiger partial charge on any atom is -0.342 e. The van der Waals surface area contributed by atoms with Gasteiger partial charge in [-0.15, -0.1) is 0 Å². The highest BCUT2D eigenvalue weighted by molar-refractivity contribution is 9.10. The highest BCUT2D eigenvalue weighted by atomic mass is 79.9. The summed E-state index contributed by atoms with van der Waals surface area (Å²) in [6.07, 6.45) is 4.54. The second-order valence-electron chi connectivity index (χ2n) is 7.87. The summed E-state index contributed by atoms with van der Waals surface area (Å²) in [7, 11) is 0. The van der Waals surface area contributed by atoms with Gasteiger partial charge in [-0.05, 0) is 43.9 Å². The number of benzene rings is 1. The molecule has 1 aromatic heterocycles. The van der Waals surface area contributed by atoms with E-state index in [1.165, 1.54) is 24.6 Å². The van der Waals surface area contributed by atoms with Crippen LogP contribution in [0.1, 0.15) is 46.5 Å². The molecule has 1 atom stereocenters. The molecule has 1 aliphatic rings. The number of thioether (sulfide) groups is 1. The number of aromatic nitrogens is 2. The van der Waals surface area contributed by atoms with E-state index in [0.29, 0.717) is 28.5 Å². The van der Waals surface area contributed by atoms with Gasteiger partial charge in [-0.3, -0.25) is 14.2 Å². The number of hydrogen-bond donors (Lipinski definition) is 0. The standard InChI is InChI=1S/C21H28BrN3O2S/c1-14(2)13-25-20(27)17-12-16(22)8-9-18(17)23-21(25)28-15(3)19(26)24-10-6-4-5-7-11-24/h8-9,12,14-15H,4-7,10-11,13H2,1-3H3. The molecule has 7 heteroatoms. The summed E-state index contributed by atoms with van der Waals surface area (Å²) in [6.45, 7) is 8.34. The van der Waals surface area contributed by atoms with Crippen LogP contribution in [0.25, 0.3) is 10.9 Å². The van der Waals surface area contributed by atoms with Crippen molar-refractivity contribution in [3.63, 3.8) is 0 Å². The van der Waals surface area contributed by atoms with Crippen LogP contribution in [-0.2, 0) is 11.3 Å². The van der Waals surface area contributed by atoms with E-state index >= 15 is 0 Å². The zero-order chi connectivity index (χ0) is 20.3. The lowest BCUT2D eigenvalue weighted by molar-refractivity contribution is -0.130. The normalized spacial score (nSPS) is 16.4. The van der Waals surface area contributed by atoms with E-state index in [9.17, 15) is 9.59 Å². The molecule has 152 valence electrons. The third kappa shape index (κ3) is 4.98. The minimum absolute atomic E-state index is 0.0445. The van der Waals surface area contributed by atoms with Crippen LogP contribution >= 0.6 is 27.7 Å². The number of carbonyl (C=O) groups excluding carboxylic acids is 1. The largest absolute Gasteiger partial charge is 0.342 e. The van der Waals surface area contributed by atoms with Gasteiger partial charge in [-0.1, -0.05) is 54.4 Å². The Bertz CT molecular complexity index is 904. The molecular weight excluding hydrogens is 438 g/mol. The van der Waals surface area contributed by atoms with Crippen LogP contribution in [0.4, 0.5) is 0 Å². The molecule has 28 heavy (non-hydrogen) atoms. The Kier molecular flexibility index (Phi) is 7.20. The molecule has 1 amide bonds.